The fourth-order valence-electron chi connectivity index (χ4n) is 3.43. The highest BCUT2D eigenvalue weighted by molar-refractivity contribution is 7.92. The van der Waals surface area contributed by atoms with Crippen molar-refractivity contribution in [3.8, 4) is 11.5 Å². The third kappa shape index (κ3) is 6.04. The first-order chi connectivity index (χ1) is 15.7. The van der Waals surface area contributed by atoms with Crippen molar-refractivity contribution in [3.05, 3.63) is 89.0 Å². The lowest BCUT2D eigenvalue weighted by atomic mass is 10.1. The summed E-state index contributed by atoms with van der Waals surface area (Å²) in [6.45, 7) is 2.38. The van der Waals surface area contributed by atoms with Gasteiger partial charge < -0.3 is 14.8 Å². The molecular formula is C25H28N2O5S. The van der Waals surface area contributed by atoms with Gasteiger partial charge in [0.05, 0.1) is 32.7 Å². The molecule has 33 heavy (non-hydrogen) atoms. The molecule has 0 aliphatic carbocycles. The Hall–Kier alpha value is -3.52. The maximum Gasteiger partial charge on any atom is 0.251 e. The highest BCUT2D eigenvalue weighted by atomic mass is 32.2. The summed E-state index contributed by atoms with van der Waals surface area (Å²) in [7, 11) is -0.350. The van der Waals surface area contributed by atoms with Crippen molar-refractivity contribution in [1.29, 1.82) is 0 Å². The predicted molar refractivity (Wildman–Crippen MR) is 129 cm³/mol. The van der Waals surface area contributed by atoms with E-state index in [2.05, 4.69) is 5.32 Å². The Morgan fingerprint density at radius 2 is 1.55 bits per heavy atom. The highest BCUT2D eigenvalue weighted by Crippen LogP contribution is 2.27. The molecule has 0 aliphatic heterocycles. The van der Waals surface area contributed by atoms with E-state index in [-0.39, 0.29) is 12.5 Å². The molecule has 0 saturated heterocycles. The van der Waals surface area contributed by atoms with E-state index in [0.717, 1.165) is 16.7 Å². The second-order valence-electron chi connectivity index (χ2n) is 7.63. The number of hydrogen-bond donors (Lipinski definition) is 1. The number of hydrogen-bond acceptors (Lipinski definition) is 5. The number of sulfonamides is 1. The Morgan fingerprint density at radius 3 is 2.15 bits per heavy atom. The molecular weight excluding hydrogens is 440 g/mol. The molecule has 0 unspecified atom stereocenters. The largest absolute Gasteiger partial charge is 0.493 e. The van der Waals surface area contributed by atoms with E-state index in [9.17, 15) is 13.2 Å². The summed E-state index contributed by atoms with van der Waals surface area (Å²) in [6, 6.07) is 19.7. The van der Waals surface area contributed by atoms with E-state index in [1.54, 1.807) is 50.6 Å². The summed E-state index contributed by atoms with van der Waals surface area (Å²) < 4.78 is 36.7. The van der Waals surface area contributed by atoms with Gasteiger partial charge in [0.2, 0.25) is 10.0 Å². The van der Waals surface area contributed by atoms with Crippen LogP contribution >= 0.6 is 0 Å². The molecule has 0 saturated carbocycles. The zero-order valence-corrected chi connectivity index (χ0v) is 20.0. The lowest BCUT2D eigenvalue weighted by Crippen LogP contribution is -2.30. The SMILES string of the molecule is COc1ccc(CNC(=O)c2ccc(CN(c3ccccc3C)S(C)(=O)=O)cc2)cc1OC. The number of para-hydroxylation sites is 1. The van der Waals surface area contributed by atoms with Crippen LogP contribution in [-0.2, 0) is 23.1 Å². The predicted octanol–water partition coefficient (Wildman–Crippen LogP) is 3.91. The van der Waals surface area contributed by atoms with Crippen LogP contribution in [0.25, 0.3) is 0 Å². The van der Waals surface area contributed by atoms with E-state index in [1.165, 1.54) is 10.6 Å². The van der Waals surface area contributed by atoms with Crippen LogP contribution in [0.1, 0.15) is 27.0 Å². The van der Waals surface area contributed by atoms with Gasteiger partial charge in [-0.2, -0.15) is 0 Å². The summed E-state index contributed by atoms with van der Waals surface area (Å²) in [6.07, 6.45) is 1.19. The molecule has 0 spiro atoms. The molecule has 1 N–H and O–H groups in total. The summed E-state index contributed by atoms with van der Waals surface area (Å²) in [5.74, 6) is 0.991. The van der Waals surface area contributed by atoms with Gasteiger partial charge in [-0.1, -0.05) is 36.4 Å². The van der Waals surface area contributed by atoms with Crippen LogP contribution in [0.5, 0.6) is 11.5 Å². The van der Waals surface area contributed by atoms with Crippen molar-refractivity contribution >= 4 is 21.6 Å². The van der Waals surface area contributed by atoms with Gasteiger partial charge in [-0.25, -0.2) is 8.42 Å². The zero-order chi connectivity index (χ0) is 24.0. The Kier molecular flexibility index (Phi) is 7.60. The minimum atomic E-state index is -3.48. The maximum absolute atomic E-state index is 12.6. The third-order valence-electron chi connectivity index (χ3n) is 5.23. The quantitative estimate of drug-likeness (QED) is 0.515. The number of methoxy groups -OCH3 is 2. The molecule has 7 nitrogen and oxygen atoms in total. The van der Waals surface area contributed by atoms with Crippen LogP contribution in [0, 0.1) is 6.92 Å². The molecule has 0 atom stereocenters. The van der Waals surface area contributed by atoms with Crippen molar-refractivity contribution < 1.29 is 22.7 Å². The monoisotopic (exact) mass is 468 g/mol. The van der Waals surface area contributed by atoms with E-state index in [0.29, 0.717) is 29.3 Å². The van der Waals surface area contributed by atoms with Crippen molar-refractivity contribution in [2.24, 2.45) is 0 Å². The number of benzene rings is 3. The molecule has 8 heteroatoms. The highest BCUT2D eigenvalue weighted by Gasteiger charge is 2.19. The lowest BCUT2D eigenvalue weighted by molar-refractivity contribution is 0.0951. The first-order valence-corrected chi connectivity index (χ1v) is 12.2. The van der Waals surface area contributed by atoms with Crippen LogP contribution in [-0.4, -0.2) is 34.8 Å². The maximum atomic E-state index is 12.6. The average molecular weight is 469 g/mol. The van der Waals surface area contributed by atoms with Gasteiger partial charge in [0.15, 0.2) is 11.5 Å². The number of rotatable bonds is 9. The molecule has 3 aromatic carbocycles. The second kappa shape index (κ2) is 10.4. The Labute approximate surface area is 195 Å². The van der Waals surface area contributed by atoms with E-state index >= 15 is 0 Å². The van der Waals surface area contributed by atoms with Gasteiger partial charge in [-0.05, 0) is 53.9 Å². The smallest absolute Gasteiger partial charge is 0.251 e. The number of ether oxygens (including phenoxy) is 2. The van der Waals surface area contributed by atoms with E-state index in [1.807, 2.05) is 37.3 Å². The number of carbonyl (C=O) groups is 1. The number of nitrogens with zero attached hydrogens (tertiary/aromatic N) is 1. The molecule has 0 bridgehead atoms. The molecule has 0 aliphatic rings. The molecule has 3 rings (SSSR count). The van der Waals surface area contributed by atoms with Gasteiger partial charge in [-0.3, -0.25) is 9.10 Å². The fourth-order valence-corrected chi connectivity index (χ4v) is 4.37. The minimum absolute atomic E-state index is 0.178. The number of anilines is 1. The summed E-state index contributed by atoms with van der Waals surface area (Å²) in [5.41, 5.74) is 3.65. The molecule has 3 aromatic rings. The molecule has 0 aromatic heterocycles. The molecule has 0 radical (unpaired) electrons. The minimum Gasteiger partial charge on any atom is -0.493 e. The molecule has 1 amide bonds. The van der Waals surface area contributed by atoms with Gasteiger partial charge in [0.25, 0.3) is 5.91 Å². The fraction of sp³-hybridized carbons (Fsp3) is 0.240. The van der Waals surface area contributed by atoms with Crippen molar-refractivity contribution in [1.82, 2.24) is 5.32 Å². The van der Waals surface area contributed by atoms with Crippen LogP contribution in [0.15, 0.2) is 66.7 Å². The number of amides is 1. The average Bonchev–Trinajstić information content (AvgIpc) is 2.81. The zero-order valence-electron chi connectivity index (χ0n) is 19.2. The Bertz CT molecular complexity index is 1220. The van der Waals surface area contributed by atoms with Crippen LogP contribution in [0.4, 0.5) is 5.69 Å². The van der Waals surface area contributed by atoms with Crippen LogP contribution in [0.2, 0.25) is 0 Å². The summed E-state index contributed by atoms with van der Waals surface area (Å²) in [4.78, 5) is 12.6. The van der Waals surface area contributed by atoms with Crippen molar-refractivity contribution in [2.45, 2.75) is 20.0 Å². The van der Waals surface area contributed by atoms with Gasteiger partial charge in [0, 0.05) is 12.1 Å². The number of nitrogens with one attached hydrogen (secondary N) is 1. The standard InChI is InChI=1S/C25H28N2O5S/c1-18-7-5-6-8-22(18)27(33(4,29)30)17-19-9-12-21(13-10-19)25(28)26-16-20-11-14-23(31-2)24(15-20)32-3/h5-15H,16-17H2,1-4H3,(H,26,28). The summed E-state index contributed by atoms with van der Waals surface area (Å²) >= 11 is 0. The Morgan fingerprint density at radius 1 is 0.909 bits per heavy atom. The van der Waals surface area contributed by atoms with Gasteiger partial charge in [-0.15, -0.1) is 0 Å². The number of aryl methyl sites for hydroxylation is 1. The Balaban J connectivity index is 1.69. The second-order valence-corrected chi connectivity index (χ2v) is 9.53. The first-order valence-electron chi connectivity index (χ1n) is 10.3. The van der Waals surface area contributed by atoms with Gasteiger partial charge >= 0.3 is 0 Å². The molecule has 174 valence electrons. The van der Waals surface area contributed by atoms with Crippen LogP contribution in [0.3, 0.4) is 0 Å². The summed E-state index contributed by atoms with van der Waals surface area (Å²) in [5, 5.41) is 2.88. The molecule has 0 fully saturated rings. The number of carbonyl (C=O) groups excluding carboxylic acids is 1. The topological polar surface area (TPSA) is 84.9 Å². The molecule has 0 heterocycles. The van der Waals surface area contributed by atoms with Crippen LogP contribution < -0.4 is 19.1 Å². The van der Waals surface area contributed by atoms with Crippen molar-refractivity contribution in [2.75, 3.05) is 24.8 Å². The first kappa shape index (κ1) is 24.1. The lowest BCUT2D eigenvalue weighted by Gasteiger charge is -2.24. The van der Waals surface area contributed by atoms with E-state index in [4.69, 9.17) is 9.47 Å². The van der Waals surface area contributed by atoms with E-state index < -0.39 is 10.0 Å². The third-order valence-corrected chi connectivity index (χ3v) is 6.35. The van der Waals surface area contributed by atoms with Crippen molar-refractivity contribution in [3.63, 3.8) is 0 Å². The normalized spacial score (nSPS) is 11.0. The van der Waals surface area contributed by atoms with Gasteiger partial charge in [0.1, 0.15) is 0 Å².